The number of nitrogens with one attached hydrogen (secondary N) is 2. The molecule has 0 aromatic carbocycles. The minimum Gasteiger partial charge on any atom is -0.360 e. The smallest absolute Gasteiger partial charge is 0.0844 e. The molecule has 0 spiro atoms. The van der Waals surface area contributed by atoms with Crippen molar-refractivity contribution in [3.63, 3.8) is 0 Å². The van der Waals surface area contributed by atoms with Gasteiger partial charge in [-0.3, -0.25) is 4.68 Å². The molecule has 3 heterocycles. The average Bonchev–Trinajstić information content (AvgIpc) is 2.97. The van der Waals surface area contributed by atoms with Crippen molar-refractivity contribution in [2.24, 2.45) is 7.05 Å². The molecule has 2 aromatic rings. The van der Waals surface area contributed by atoms with Crippen molar-refractivity contribution in [2.45, 2.75) is 18.9 Å². The van der Waals surface area contributed by atoms with E-state index in [0.29, 0.717) is 6.04 Å². The quantitative estimate of drug-likeness (QED) is 0.804. The molecule has 0 aliphatic carbocycles. The summed E-state index contributed by atoms with van der Waals surface area (Å²) in [6, 6.07) is 6.70. The molecular formula is C12H16N4. The van der Waals surface area contributed by atoms with Gasteiger partial charge in [0.25, 0.3) is 0 Å². The molecule has 1 unspecified atom stereocenters. The normalized spacial score (nSPS) is 20.4. The summed E-state index contributed by atoms with van der Waals surface area (Å²) in [4.78, 5) is 3.22. The monoisotopic (exact) mass is 216 g/mol. The van der Waals surface area contributed by atoms with E-state index >= 15 is 0 Å². The lowest BCUT2D eigenvalue weighted by molar-refractivity contribution is 0.607. The van der Waals surface area contributed by atoms with E-state index in [-0.39, 0.29) is 0 Å². The number of hydrogen-bond donors (Lipinski definition) is 2. The highest BCUT2D eigenvalue weighted by atomic mass is 15.3. The van der Waals surface area contributed by atoms with E-state index in [1.54, 1.807) is 0 Å². The van der Waals surface area contributed by atoms with Crippen molar-refractivity contribution in [2.75, 3.05) is 6.54 Å². The molecule has 0 saturated carbocycles. The third-order valence-corrected chi connectivity index (χ3v) is 3.19. The predicted molar refractivity (Wildman–Crippen MR) is 63.0 cm³/mol. The van der Waals surface area contributed by atoms with Crippen molar-refractivity contribution >= 4 is 0 Å². The highest BCUT2D eigenvalue weighted by Gasteiger charge is 2.20. The van der Waals surface area contributed by atoms with Crippen LogP contribution in [-0.2, 0) is 7.05 Å². The minimum atomic E-state index is 0.440. The van der Waals surface area contributed by atoms with E-state index in [1.165, 1.54) is 12.8 Å². The van der Waals surface area contributed by atoms with Crippen LogP contribution in [0.3, 0.4) is 0 Å². The van der Waals surface area contributed by atoms with Crippen molar-refractivity contribution in [3.8, 4) is 11.4 Å². The topological polar surface area (TPSA) is 45.6 Å². The van der Waals surface area contributed by atoms with Crippen molar-refractivity contribution in [3.05, 3.63) is 30.1 Å². The summed E-state index contributed by atoms with van der Waals surface area (Å²) in [5.41, 5.74) is 3.43. The molecule has 1 fully saturated rings. The Kier molecular flexibility index (Phi) is 2.29. The van der Waals surface area contributed by atoms with E-state index in [2.05, 4.69) is 27.5 Å². The number of aromatic amines is 1. The van der Waals surface area contributed by atoms with Gasteiger partial charge < -0.3 is 10.3 Å². The molecule has 16 heavy (non-hydrogen) atoms. The Morgan fingerprint density at radius 1 is 1.50 bits per heavy atom. The molecule has 2 N–H and O–H groups in total. The number of aromatic nitrogens is 3. The van der Waals surface area contributed by atoms with Crippen LogP contribution in [0.1, 0.15) is 24.6 Å². The van der Waals surface area contributed by atoms with Gasteiger partial charge in [0.2, 0.25) is 0 Å². The van der Waals surface area contributed by atoms with E-state index in [1.807, 2.05) is 24.0 Å². The van der Waals surface area contributed by atoms with Gasteiger partial charge in [-0.05, 0) is 37.6 Å². The summed E-state index contributed by atoms with van der Waals surface area (Å²) in [6.45, 7) is 1.11. The van der Waals surface area contributed by atoms with Gasteiger partial charge in [-0.1, -0.05) is 0 Å². The van der Waals surface area contributed by atoms with Crippen LogP contribution in [-0.4, -0.2) is 21.3 Å². The maximum Gasteiger partial charge on any atom is 0.0844 e. The molecular weight excluding hydrogens is 200 g/mol. The average molecular weight is 216 g/mol. The van der Waals surface area contributed by atoms with Gasteiger partial charge in [0.1, 0.15) is 0 Å². The van der Waals surface area contributed by atoms with Crippen LogP contribution >= 0.6 is 0 Å². The maximum absolute atomic E-state index is 4.58. The van der Waals surface area contributed by atoms with Gasteiger partial charge >= 0.3 is 0 Å². The van der Waals surface area contributed by atoms with Crippen molar-refractivity contribution < 1.29 is 0 Å². The van der Waals surface area contributed by atoms with Crippen LogP contribution < -0.4 is 5.32 Å². The van der Waals surface area contributed by atoms with Crippen LogP contribution in [0.4, 0.5) is 0 Å². The van der Waals surface area contributed by atoms with Gasteiger partial charge in [0, 0.05) is 13.2 Å². The predicted octanol–water partition coefficient (Wildman–Crippen LogP) is 1.84. The van der Waals surface area contributed by atoms with E-state index < -0.39 is 0 Å². The largest absolute Gasteiger partial charge is 0.360 e. The van der Waals surface area contributed by atoms with E-state index in [9.17, 15) is 0 Å². The fourth-order valence-corrected chi connectivity index (χ4v) is 2.34. The molecule has 1 aliphatic rings. The van der Waals surface area contributed by atoms with Crippen LogP contribution in [0.15, 0.2) is 24.4 Å². The molecule has 84 valence electrons. The number of nitrogens with zero attached hydrogens (tertiary/aromatic N) is 2. The zero-order chi connectivity index (χ0) is 11.0. The molecule has 4 heteroatoms. The second kappa shape index (κ2) is 3.79. The van der Waals surface area contributed by atoms with Crippen molar-refractivity contribution in [1.29, 1.82) is 0 Å². The van der Waals surface area contributed by atoms with E-state index in [4.69, 9.17) is 0 Å². The Labute approximate surface area is 94.7 Å². The molecule has 1 atom stereocenters. The summed E-state index contributed by atoms with van der Waals surface area (Å²) in [6.07, 6.45) is 4.39. The fourth-order valence-electron chi connectivity index (χ4n) is 2.34. The first-order chi connectivity index (χ1) is 7.84. The van der Waals surface area contributed by atoms with E-state index in [0.717, 1.165) is 23.6 Å². The molecule has 0 amide bonds. The fraction of sp³-hybridized carbons (Fsp3) is 0.417. The molecule has 3 rings (SSSR count). The van der Waals surface area contributed by atoms with Gasteiger partial charge in [-0.2, -0.15) is 5.10 Å². The lowest BCUT2D eigenvalue weighted by atomic mass is 10.1. The first-order valence-electron chi connectivity index (χ1n) is 5.75. The number of rotatable bonds is 2. The Bertz CT molecular complexity index is 463. The summed E-state index contributed by atoms with van der Waals surface area (Å²) in [5, 5.41) is 8.06. The summed E-state index contributed by atoms with van der Waals surface area (Å²) in [7, 11) is 1.99. The third-order valence-electron chi connectivity index (χ3n) is 3.19. The summed E-state index contributed by atoms with van der Waals surface area (Å²) >= 11 is 0. The lowest BCUT2D eigenvalue weighted by Gasteiger charge is -2.04. The second-order valence-corrected chi connectivity index (χ2v) is 4.31. The molecule has 2 aromatic heterocycles. The lowest BCUT2D eigenvalue weighted by Crippen LogP contribution is -2.13. The number of hydrogen-bond acceptors (Lipinski definition) is 2. The van der Waals surface area contributed by atoms with Gasteiger partial charge in [-0.25, -0.2) is 0 Å². The summed E-state index contributed by atoms with van der Waals surface area (Å²) in [5.74, 6) is 0. The van der Waals surface area contributed by atoms with Gasteiger partial charge in [-0.15, -0.1) is 0 Å². The zero-order valence-corrected chi connectivity index (χ0v) is 9.40. The Morgan fingerprint density at radius 2 is 2.44 bits per heavy atom. The minimum absolute atomic E-state index is 0.440. The van der Waals surface area contributed by atoms with Crippen LogP contribution in [0.5, 0.6) is 0 Å². The SMILES string of the molecule is Cn1nc(C2CCCN2)cc1-c1ccc[nH]1. The zero-order valence-electron chi connectivity index (χ0n) is 9.40. The summed E-state index contributed by atoms with van der Waals surface area (Å²) < 4.78 is 1.95. The maximum atomic E-state index is 4.58. The molecule has 0 radical (unpaired) electrons. The first-order valence-corrected chi connectivity index (χ1v) is 5.75. The second-order valence-electron chi connectivity index (χ2n) is 4.31. The highest BCUT2D eigenvalue weighted by Crippen LogP contribution is 2.25. The van der Waals surface area contributed by atoms with Crippen LogP contribution in [0, 0.1) is 0 Å². The Hall–Kier alpha value is -1.55. The van der Waals surface area contributed by atoms with Crippen LogP contribution in [0.2, 0.25) is 0 Å². The highest BCUT2D eigenvalue weighted by molar-refractivity contribution is 5.55. The number of aryl methyl sites for hydroxylation is 1. The van der Waals surface area contributed by atoms with Crippen LogP contribution in [0.25, 0.3) is 11.4 Å². The number of H-pyrrole nitrogens is 1. The molecule has 0 bridgehead atoms. The molecule has 1 saturated heterocycles. The van der Waals surface area contributed by atoms with Gasteiger partial charge in [0.15, 0.2) is 0 Å². The Morgan fingerprint density at radius 3 is 3.12 bits per heavy atom. The molecule has 1 aliphatic heterocycles. The third kappa shape index (κ3) is 1.55. The Balaban J connectivity index is 1.95. The van der Waals surface area contributed by atoms with Gasteiger partial charge in [0.05, 0.1) is 23.1 Å². The first kappa shape index (κ1) is 9.66. The standard InChI is InChI=1S/C12H16N4/c1-16-12(10-5-3-7-14-10)8-11(15-16)9-4-2-6-13-9/h3,5,7-9,13-14H,2,4,6H2,1H3. The van der Waals surface area contributed by atoms with Crippen molar-refractivity contribution in [1.82, 2.24) is 20.1 Å². The molecule has 4 nitrogen and oxygen atoms in total.